The van der Waals surface area contributed by atoms with Gasteiger partial charge in [-0.3, -0.25) is 0 Å². The van der Waals surface area contributed by atoms with Gasteiger partial charge in [-0.05, 0) is 36.8 Å². The third-order valence-electron chi connectivity index (χ3n) is 3.96. The van der Waals surface area contributed by atoms with Crippen LogP contribution in [0.4, 0.5) is 0 Å². The van der Waals surface area contributed by atoms with Gasteiger partial charge in [-0.1, -0.05) is 38.1 Å². The van der Waals surface area contributed by atoms with E-state index in [0.29, 0.717) is 6.54 Å². The molecule has 0 unspecified atom stereocenters. The lowest BCUT2D eigenvalue weighted by molar-refractivity contribution is 0.549. The number of benzene rings is 1. The molecule has 1 heterocycles. The Morgan fingerprint density at radius 2 is 1.88 bits per heavy atom. The van der Waals surface area contributed by atoms with Crippen LogP contribution in [0.3, 0.4) is 0 Å². The van der Waals surface area contributed by atoms with Crippen molar-refractivity contribution in [2.45, 2.75) is 46.7 Å². The summed E-state index contributed by atoms with van der Waals surface area (Å²) in [5.74, 6) is 1.65. The van der Waals surface area contributed by atoms with Gasteiger partial charge < -0.3 is 15.2 Å². The van der Waals surface area contributed by atoms with E-state index in [0.717, 1.165) is 31.5 Å². The number of aromatic nitrogens is 2. The summed E-state index contributed by atoms with van der Waals surface area (Å²) < 4.78 is 2.07. The van der Waals surface area contributed by atoms with Crippen molar-refractivity contribution in [3.63, 3.8) is 0 Å². The maximum Gasteiger partial charge on any atom is 0.191 e. The molecule has 0 aliphatic carbocycles. The zero-order chi connectivity index (χ0) is 17.9. The molecular formula is C20H32IN5. The molecule has 1 aromatic carbocycles. The lowest BCUT2D eigenvalue weighted by Crippen LogP contribution is -2.37. The molecule has 0 saturated heterocycles. The molecule has 26 heavy (non-hydrogen) atoms. The van der Waals surface area contributed by atoms with E-state index in [4.69, 9.17) is 0 Å². The van der Waals surface area contributed by atoms with Crippen LogP contribution in [0, 0.1) is 5.92 Å². The summed E-state index contributed by atoms with van der Waals surface area (Å²) in [4.78, 5) is 8.76. The van der Waals surface area contributed by atoms with Crippen LogP contribution in [0.1, 0.15) is 44.7 Å². The second-order valence-electron chi connectivity index (χ2n) is 6.71. The highest BCUT2D eigenvalue weighted by molar-refractivity contribution is 14.0. The second kappa shape index (κ2) is 12.7. The molecule has 1 aromatic heterocycles. The average molecular weight is 469 g/mol. The Morgan fingerprint density at radius 3 is 2.50 bits per heavy atom. The van der Waals surface area contributed by atoms with E-state index in [2.05, 4.69) is 70.2 Å². The van der Waals surface area contributed by atoms with Gasteiger partial charge in [0.2, 0.25) is 0 Å². The summed E-state index contributed by atoms with van der Waals surface area (Å²) in [5, 5.41) is 6.73. The fourth-order valence-corrected chi connectivity index (χ4v) is 2.57. The van der Waals surface area contributed by atoms with Crippen LogP contribution >= 0.6 is 24.0 Å². The van der Waals surface area contributed by atoms with Crippen molar-refractivity contribution in [3.05, 3.63) is 54.1 Å². The second-order valence-corrected chi connectivity index (χ2v) is 6.71. The minimum Gasteiger partial charge on any atom is -0.357 e. The molecule has 0 aliphatic rings. The van der Waals surface area contributed by atoms with Crippen LogP contribution in [-0.2, 0) is 13.1 Å². The van der Waals surface area contributed by atoms with Gasteiger partial charge >= 0.3 is 0 Å². The number of halogens is 1. The van der Waals surface area contributed by atoms with Gasteiger partial charge in [0.15, 0.2) is 5.96 Å². The SMILES string of the molecule is CCNC(=NCc1ccc(Cn2ccnc2)cc1)NCCCC(C)C.I. The number of hydrogen-bond donors (Lipinski definition) is 2. The summed E-state index contributed by atoms with van der Waals surface area (Å²) in [6.07, 6.45) is 8.03. The lowest BCUT2D eigenvalue weighted by Gasteiger charge is -2.12. The molecule has 5 nitrogen and oxygen atoms in total. The molecule has 0 amide bonds. The molecule has 2 N–H and O–H groups in total. The number of nitrogens with zero attached hydrogens (tertiary/aromatic N) is 3. The first-order valence-corrected chi connectivity index (χ1v) is 9.23. The van der Waals surface area contributed by atoms with E-state index in [9.17, 15) is 0 Å². The fourth-order valence-electron chi connectivity index (χ4n) is 2.57. The van der Waals surface area contributed by atoms with Gasteiger partial charge in [-0.25, -0.2) is 9.98 Å². The highest BCUT2D eigenvalue weighted by Gasteiger charge is 2.00. The Balaban J connectivity index is 0.00000338. The first kappa shape index (κ1) is 22.5. The molecule has 0 spiro atoms. The Hall–Kier alpha value is -1.57. The first-order chi connectivity index (χ1) is 12.2. The van der Waals surface area contributed by atoms with Crippen LogP contribution in [0.5, 0.6) is 0 Å². The Kier molecular flexibility index (Phi) is 11.0. The van der Waals surface area contributed by atoms with Gasteiger partial charge in [-0.2, -0.15) is 0 Å². The van der Waals surface area contributed by atoms with Crippen LogP contribution in [0.2, 0.25) is 0 Å². The topological polar surface area (TPSA) is 54.2 Å². The van der Waals surface area contributed by atoms with Gasteiger partial charge in [0.1, 0.15) is 0 Å². The molecule has 144 valence electrons. The van der Waals surface area contributed by atoms with Crippen molar-refractivity contribution >= 4 is 29.9 Å². The van der Waals surface area contributed by atoms with Gasteiger partial charge in [-0.15, -0.1) is 24.0 Å². The third kappa shape index (κ3) is 8.69. The van der Waals surface area contributed by atoms with Gasteiger partial charge in [0, 0.05) is 32.0 Å². The number of imidazole rings is 1. The van der Waals surface area contributed by atoms with Crippen LogP contribution in [0.15, 0.2) is 48.0 Å². The van der Waals surface area contributed by atoms with Crippen LogP contribution in [0.25, 0.3) is 0 Å². The zero-order valence-corrected chi connectivity index (χ0v) is 18.4. The molecule has 0 fully saturated rings. The van der Waals surface area contributed by atoms with E-state index >= 15 is 0 Å². The largest absolute Gasteiger partial charge is 0.357 e. The highest BCUT2D eigenvalue weighted by atomic mass is 127. The molecule has 0 aliphatic heterocycles. The highest BCUT2D eigenvalue weighted by Crippen LogP contribution is 2.07. The summed E-state index contributed by atoms with van der Waals surface area (Å²) in [7, 11) is 0. The minimum atomic E-state index is 0. The quantitative estimate of drug-likeness (QED) is 0.252. The number of hydrogen-bond acceptors (Lipinski definition) is 2. The molecule has 0 saturated carbocycles. The normalized spacial score (nSPS) is 11.3. The molecular weight excluding hydrogens is 437 g/mol. The van der Waals surface area contributed by atoms with Crippen molar-refractivity contribution in [2.75, 3.05) is 13.1 Å². The van der Waals surface area contributed by atoms with E-state index in [1.807, 2.05) is 12.5 Å². The number of nitrogens with one attached hydrogen (secondary N) is 2. The van der Waals surface area contributed by atoms with Gasteiger partial charge in [0.25, 0.3) is 0 Å². The van der Waals surface area contributed by atoms with Crippen molar-refractivity contribution < 1.29 is 0 Å². The molecule has 0 atom stereocenters. The Morgan fingerprint density at radius 1 is 1.15 bits per heavy atom. The fraction of sp³-hybridized carbons (Fsp3) is 0.500. The predicted octanol–water partition coefficient (Wildman–Crippen LogP) is 4.04. The standard InChI is InChI=1S/C20H31N5.HI/c1-4-22-20(23-11-5-6-17(2)3)24-14-18-7-9-19(10-8-18)15-25-13-12-21-16-25;/h7-10,12-13,16-17H,4-6,11,14-15H2,1-3H3,(H2,22,23,24);1H. The molecule has 2 rings (SSSR count). The van der Waals surface area contributed by atoms with E-state index in [1.54, 1.807) is 6.20 Å². The van der Waals surface area contributed by atoms with Gasteiger partial charge in [0.05, 0.1) is 12.9 Å². The predicted molar refractivity (Wildman–Crippen MR) is 120 cm³/mol. The first-order valence-electron chi connectivity index (χ1n) is 9.23. The van der Waals surface area contributed by atoms with E-state index in [1.165, 1.54) is 24.0 Å². The summed E-state index contributed by atoms with van der Waals surface area (Å²) >= 11 is 0. The van der Waals surface area contributed by atoms with E-state index in [-0.39, 0.29) is 24.0 Å². The van der Waals surface area contributed by atoms with Crippen molar-refractivity contribution in [1.29, 1.82) is 0 Å². The maximum atomic E-state index is 4.68. The Bertz CT molecular complexity index is 620. The summed E-state index contributed by atoms with van der Waals surface area (Å²) in [5.41, 5.74) is 2.48. The molecule has 0 bridgehead atoms. The van der Waals surface area contributed by atoms with Crippen LogP contribution < -0.4 is 10.6 Å². The molecule has 6 heteroatoms. The van der Waals surface area contributed by atoms with Crippen molar-refractivity contribution in [1.82, 2.24) is 20.2 Å². The average Bonchev–Trinajstić information content (AvgIpc) is 3.10. The number of rotatable bonds is 9. The smallest absolute Gasteiger partial charge is 0.191 e. The van der Waals surface area contributed by atoms with Crippen LogP contribution in [-0.4, -0.2) is 28.6 Å². The third-order valence-corrected chi connectivity index (χ3v) is 3.96. The lowest BCUT2D eigenvalue weighted by atomic mass is 10.1. The maximum absolute atomic E-state index is 4.68. The monoisotopic (exact) mass is 469 g/mol. The molecule has 2 aromatic rings. The zero-order valence-electron chi connectivity index (χ0n) is 16.1. The summed E-state index contributed by atoms with van der Waals surface area (Å²) in [6.45, 7) is 9.99. The number of aliphatic imine (C=N–C) groups is 1. The number of guanidine groups is 1. The minimum absolute atomic E-state index is 0. The Labute approximate surface area is 174 Å². The molecule has 0 radical (unpaired) electrons. The van der Waals surface area contributed by atoms with Crippen molar-refractivity contribution in [2.24, 2.45) is 10.9 Å². The van der Waals surface area contributed by atoms with Crippen molar-refractivity contribution in [3.8, 4) is 0 Å². The summed E-state index contributed by atoms with van der Waals surface area (Å²) in [6, 6.07) is 8.62. The van der Waals surface area contributed by atoms with E-state index < -0.39 is 0 Å².